The van der Waals surface area contributed by atoms with Gasteiger partial charge in [0.25, 0.3) is 0 Å². The van der Waals surface area contributed by atoms with Crippen LogP contribution in [-0.2, 0) is 0 Å². The van der Waals surface area contributed by atoms with Crippen molar-refractivity contribution in [3.63, 3.8) is 0 Å². The molecule has 110 valence electrons. The molecule has 0 aliphatic heterocycles. The van der Waals surface area contributed by atoms with Gasteiger partial charge in [0.15, 0.2) is 0 Å². The van der Waals surface area contributed by atoms with Crippen LogP contribution in [-0.4, -0.2) is 55.6 Å². The van der Waals surface area contributed by atoms with Crippen LogP contribution in [0.4, 0.5) is 11.8 Å². The van der Waals surface area contributed by atoms with Gasteiger partial charge in [0.1, 0.15) is 10.6 Å². The smallest absolute Gasteiger partial charge is 0.225 e. The summed E-state index contributed by atoms with van der Waals surface area (Å²) in [5.41, 5.74) is 0. The van der Waals surface area contributed by atoms with Gasteiger partial charge < -0.3 is 15.1 Å². The molecule has 0 aromatic carbocycles. The number of hydrogen-bond donors (Lipinski definition) is 1. The van der Waals surface area contributed by atoms with Crippen LogP contribution in [0, 0.1) is 0 Å². The van der Waals surface area contributed by atoms with E-state index in [2.05, 4.69) is 57.6 Å². The van der Waals surface area contributed by atoms with Crippen LogP contribution >= 0.6 is 11.3 Å². The Labute approximate surface area is 124 Å². The van der Waals surface area contributed by atoms with Crippen LogP contribution in [0.2, 0.25) is 0 Å². The van der Waals surface area contributed by atoms with E-state index in [0.29, 0.717) is 5.95 Å². The van der Waals surface area contributed by atoms with Crippen LogP contribution in [0.15, 0.2) is 11.4 Å². The number of nitrogens with one attached hydrogen (secondary N) is 1. The van der Waals surface area contributed by atoms with Gasteiger partial charge >= 0.3 is 0 Å². The molecule has 2 aromatic heterocycles. The van der Waals surface area contributed by atoms with Crippen LogP contribution in [0.5, 0.6) is 0 Å². The maximum atomic E-state index is 4.66. The van der Waals surface area contributed by atoms with Gasteiger partial charge in [-0.3, -0.25) is 0 Å². The second-order valence-corrected chi connectivity index (χ2v) is 5.89. The summed E-state index contributed by atoms with van der Waals surface area (Å²) in [6.07, 6.45) is 1.13. The Kier molecular flexibility index (Phi) is 5.14. The fourth-order valence-corrected chi connectivity index (χ4v) is 2.94. The lowest BCUT2D eigenvalue weighted by Crippen LogP contribution is -2.28. The average molecular weight is 293 g/mol. The van der Waals surface area contributed by atoms with Gasteiger partial charge in [0.2, 0.25) is 5.95 Å². The van der Waals surface area contributed by atoms with E-state index in [4.69, 9.17) is 0 Å². The van der Waals surface area contributed by atoms with E-state index in [-0.39, 0.29) is 0 Å². The normalized spacial score (nSPS) is 11.2. The standard InChI is InChI=1S/C14H23N5S/c1-5-19(9-6-8-18(3)4)12-11-7-10-20-13(11)17-14(15-2)16-12/h7,10H,5-6,8-9H2,1-4H3,(H,15,16,17). The molecule has 0 fully saturated rings. The Morgan fingerprint density at radius 1 is 1.25 bits per heavy atom. The molecule has 0 radical (unpaired) electrons. The average Bonchev–Trinajstić information content (AvgIpc) is 2.90. The molecule has 0 unspecified atom stereocenters. The lowest BCUT2D eigenvalue weighted by Gasteiger charge is -2.23. The minimum absolute atomic E-state index is 0.695. The van der Waals surface area contributed by atoms with Crippen LogP contribution in [0.1, 0.15) is 13.3 Å². The van der Waals surface area contributed by atoms with Gasteiger partial charge in [-0.15, -0.1) is 11.3 Å². The zero-order valence-corrected chi connectivity index (χ0v) is 13.5. The van der Waals surface area contributed by atoms with E-state index in [1.807, 2.05) is 7.05 Å². The zero-order valence-electron chi connectivity index (χ0n) is 12.7. The minimum Gasteiger partial charge on any atom is -0.357 e. The van der Waals surface area contributed by atoms with Gasteiger partial charge in [-0.05, 0) is 45.4 Å². The molecular weight excluding hydrogens is 270 g/mol. The number of anilines is 2. The maximum Gasteiger partial charge on any atom is 0.225 e. The van der Waals surface area contributed by atoms with Gasteiger partial charge in [0, 0.05) is 20.1 Å². The van der Waals surface area contributed by atoms with Crippen molar-refractivity contribution < 1.29 is 0 Å². The molecule has 2 heterocycles. The third-order valence-electron chi connectivity index (χ3n) is 3.24. The second-order valence-electron chi connectivity index (χ2n) is 5.00. The van der Waals surface area contributed by atoms with Crippen LogP contribution < -0.4 is 10.2 Å². The summed E-state index contributed by atoms with van der Waals surface area (Å²) in [7, 11) is 6.08. The molecule has 0 aliphatic carbocycles. The van der Waals surface area contributed by atoms with Crippen molar-refractivity contribution in [2.75, 3.05) is 51.0 Å². The molecule has 0 atom stereocenters. The van der Waals surface area contributed by atoms with Gasteiger partial charge in [-0.1, -0.05) is 0 Å². The van der Waals surface area contributed by atoms with Crippen LogP contribution in [0.25, 0.3) is 10.2 Å². The van der Waals surface area contributed by atoms with E-state index in [9.17, 15) is 0 Å². The monoisotopic (exact) mass is 293 g/mol. The number of aromatic nitrogens is 2. The Morgan fingerprint density at radius 3 is 2.70 bits per heavy atom. The Hall–Kier alpha value is -1.40. The number of nitrogens with zero attached hydrogens (tertiary/aromatic N) is 4. The predicted molar refractivity (Wildman–Crippen MR) is 88.0 cm³/mol. The molecule has 0 saturated heterocycles. The fraction of sp³-hybridized carbons (Fsp3) is 0.571. The van der Waals surface area contributed by atoms with Crippen LogP contribution in [0.3, 0.4) is 0 Å². The summed E-state index contributed by atoms with van der Waals surface area (Å²) in [6.45, 7) is 5.24. The summed E-state index contributed by atoms with van der Waals surface area (Å²) in [5, 5.41) is 6.28. The molecule has 20 heavy (non-hydrogen) atoms. The molecule has 2 aromatic rings. The summed E-state index contributed by atoms with van der Waals surface area (Å²) in [4.78, 5) is 14.8. The molecule has 1 N–H and O–H groups in total. The van der Waals surface area contributed by atoms with Crippen molar-refractivity contribution in [2.24, 2.45) is 0 Å². The molecule has 5 nitrogen and oxygen atoms in total. The van der Waals surface area contributed by atoms with Gasteiger partial charge in [-0.2, -0.15) is 4.98 Å². The summed E-state index contributed by atoms with van der Waals surface area (Å²) >= 11 is 1.66. The van der Waals surface area contributed by atoms with Crippen molar-refractivity contribution in [3.8, 4) is 0 Å². The summed E-state index contributed by atoms with van der Waals surface area (Å²) < 4.78 is 0. The maximum absolute atomic E-state index is 4.66. The van der Waals surface area contributed by atoms with Crippen molar-refractivity contribution >= 4 is 33.3 Å². The molecule has 2 rings (SSSR count). The van der Waals surface area contributed by atoms with E-state index in [0.717, 1.165) is 42.1 Å². The Bertz CT molecular complexity index is 551. The van der Waals surface area contributed by atoms with E-state index in [1.165, 1.54) is 0 Å². The zero-order chi connectivity index (χ0) is 14.5. The second kappa shape index (κ2) is 6.85. The predicted octanol–water partition coefficient (Wildman–Crippen LogP) is 2.51. The molecule has 0 spiro atoms. The lowest BCUT2D eigenvalue weighted by atomic mass is 10.3. The van der Waals surface area contributed by atoms with E-state index >= 15 is 0 Å². The SMILES string of the molecule is CCN(CCCN(C)C)c1nc(NC)nc2sccc12. The Balaban J connectivity index is 2.25. The molecular formula is C14H23N5S. The molecule has 0 bridgehead atoms. The highest BCUT2D eigenvalue weighted by Gasteiger charge is 2.13. The van der Waals surface area contributed by atoms with E-state index < -0.39 is 0 Å². The molecule has 0 saturated carbocycles. The highest BCUT2D eigenvalue weighted by Crippen LogP contribution is 2.29. The fourth-order valence-electron chi connectivity index (χ4n) is 2.18. The quantitative estimate of drug-likeness (QED) is 0.850. The number of thiophene rings is 1. The topological polar surface area (TPSA) is 44.3 Å². The van der Waals surface area contributed by atoms with Crippen molar-refractivity contribution in [1.29, 1.82) is 0 Å². The summed E-state index contributed by atoms with van der Waals surface area (Å²) in [6, 6.07) is 2.11. The highest BCUT2D eigenvalue weighted by molar-refractivity contribution is 7.16. The minimum atomic E-state index is 0.695. The van der Waals surface area contributed by atoms with Crippen molar-refractivity contribution in [2.45, 2.75) is 13.3 Å². The van der Waals surface area contributed by atoms with Gasteiger partial charge in [0.05, 0.1) is 5.39 Å². The molecule has 6 heteroatoms. The van der Waals surface area contributed by atoms with Gasteiger partial charge in [-0.25, -0.2) is 4.98 Å². The first-order valence-electron chi connectivity index (χ1n) is 6.98. The third kappa shape index (κ3) is 3.37. The van der Waals surface area contributed by atoms with Crippen molar-refractivity contribution in [3.05, 3.63) is 11.4 Å². The first kappa shape index (κ1) is 15.0. The Morgan fingerprint density at radius 2 is 2.05 bits per heavy atom. The first-order chi connectivity index (χ1) is 9.65. The lowest BCUT2D eigenvalue weighted by molar-refractivity contribution is 0.400. The number of rotatable bonds is 7. The third-order valence-corrected chi connectivity index (χ3v) is 4.05. The number of fused-ring (bicyclic) bond motifs is 1. The molecule has 0 aliphatic rings. The summed E-state index contributed by atoms with van der Waals surface area (Å²) in [5.74, 6) is 1.74. The highest BCUT2D eigenvalue weighted by atomic mass is 32.1. The largest absolute Gasteiger partial charge is 0.357 e. The van der Waals surface area contributed by atoms with Crippen molar-refractivity contribution in [1.82, 2.24) is 14.9 Å². The first-order valence-corrected chi connectivity index (χ1v) is 7.86. The number of hydrogen-bond acceptors (Lipinski definition) is 6. The molecule has 0 amide bonds. The van der Waals surface area contributed by atoms with E-state index in [1.54, 1.807) is 11.3 Å².